The molecule has 324 valence electrons. The summed E-state index contributed by atoms with van der Waals surface area (Å²) in [5.41, 5.74) is 2.07. The lowest BCUT2D eigenvalue weighted by atomic mass is 9.83. The molecule has 4 atom stereocenters. The maximum atomic E-state index is 14.7. The van der Waals surface area contributed by atoms with Gasteiger partial charge in [-0.1, -0.05) is 129 Å². The molecule has 1 saturated heterocycles. The van der Waals surface area contributed by atoms with Crippen molar-refractivity contribution in [1.29, 1.82) is 0 Å². The van der Waals surface area contributed by atoms with Gasteiger partial charge >= 0.3 is 0 Å². The molecule has 0 radical (unpaired) electrons. The summed E-state index contributed by atoms with van der Waals surface area (Å²) >= 11 is 5.20. The Balaban J connectivity index is 1.22. The van der Waals surface area contributed by atoms with E-state index in [1.807, 2.05) is 30.3 Å². The average Bonchev–Trinajstić information content (AvgIpc) is 3.28. The highest BCUT2D eigenvalue weighted by Gasteiger charge is 2.32. The Morgan fingerprint density at radius 3 is 2.36 bits per heavy atom. The SMILES string of the molecule is CNC(=S)NCC#CCC(NC(=O)C(Cc1ccc2ccccc2c1)Cc1cccc2ccccc12)C(=O)NC(CC1CCCCC1)C(O)CC(=O)NCCN1CCOCC1. The summed E-state index contributed by atoms with van der Waals surface area (Å²) in [6.07, 6.45) is 5.59. The highest BCUT2D eigenvalue weighted by atomic mass is 32.1. The van der Waals surface area contributed by atoms with Gasteiger partial charge < -0.3 is 36.4 Å². The van der Waals surface area contributed by atoms with Crippen LogP contribution in [0, 0.1) is 23.7 Å². The van der Waals surface area contributed by atoms with Crippen LogP contribution in [-0.4, -0.2) is 104 Å². The van der Waals surface area contributed by atoms with Gasteiger partial charge in [-0.05, 0) is 70.1 Å². The van der Waals surface area contributed by atoms with Crippen LogP contribution in [0.2, 0.25) is 0 Å². The van der Waals surface area contributed by atoms with E-state index in [1.165, 1.54) is 6.42 Å². The van der Waals surface area contributed by atoms with Gasteiger partial charge in [0.05, 0.1) is 38.3 Å². The zero-order valence-electron chi connectivity index (χ0n) is 35.4. The van der Waals surface area contributed by atoms with Crippen LogP contribution in [0.5, 0.6) is 0 Å². The number of benzene rings is 4. The third-order valence-electron chi connectivity index (χ3n) is 12.0. The minimum Gasteiger partial charge on any atom is -0.390 e. The van der Waals surface area contributed by atoms with Crippen molar-refractivity contribution in [2.24, 2.45) is 11.8 Å². The van der Waals surface area contributed by atoms with Crippen LogP contribution in [0.3, 0.4) is 0 Å². The number of aliphatic hydroxyl groups is 1. The van der Waals surface area contributed by atoms with Crippen LogP contribution >= 0.6 is 12.2 Å². The minimum atomic E-state index is -1.12. The Hall–Kier alpha value is -5.06. The quantitative estimate of drug-likeness (QED) is 0.0602. The molecule has 1 saturated carbocycles. The fraction of sp³-hybridized carbons (Fsp3) is 0.469. The monoisotopic (exact) mass is 846 g/mol. The van der Waals surface area contributed by atoms with Crippen LogP contribution in [0.1, 0.15) is 62.5 Å². The second-order valence-corrected chi connectivity index (χ2v) is 16.8. The maximum Gasteiger partial charge on any atom is 0.243 e. The summed E-state index contributed by atoms with van der Waals surface area (Å²) in [5.74, 6) is 4.94. The van der Waals surface area contributed by atoms with E-state index in [0.717, 1.165) is 71.4 Å². The number of rotatable bonds is 18. The van der Waals surface area contributed by atoms with Crippen LogP contribution in [0.15, 0.2) is 84.9 Å². The molecule has 11 nitrogen and oxygen atoms in total. The molecule has 1 aliphatic heterocycles. The molecule has 4 aromatic rings. The second-order valence-electron chi connectivity index (χ2n) is 16.4. The van der Waals surface area contributed by atoms with Gasteiger partial charge in [0.2, 0.25) is 17.7 Å². The number of aliphatic hydroxyl groups excluding tert-OH is 1. The molecule has 3 amide bonds. The van der Waals surface area contributed by atoms with Crippen molar-refractivity contribution >= 4 is 56.6 Å². The van der Waals surface area contributed by atoms with Crippen molar-refractivity contribution in [2.45, 2.75) is 82.4 Å². The van der Waals surface area contributed by atoms with Gasteiger partial charge in [-0.25, -0.2) is 0 Å². The minimum absolute atomic E-state index is 0.0385. The van der Waals surface area contributed by atoms with E-state index in [0.29, 0.717) is 56.6 Å². The first-order valence-corrected chi connectivity index (χ1v) is 22.4. The average molecular weight is 847 g/mol. The Kier molecular flexibility index (Phi) is 17.7. The summed E-state index contributed by atoms with van der Waals surface area (Å²) in [4.78, 5) is 44.5. The molecule has 0 bridgehead atoms. The van der Waals surface area contributed by atoms with Gasteiger partial charge in [0.1, 0.15) is 6.04 Å². The van der Waals surface area contributed by atoms with Gasteiger partial charge in [-0.15, -0.1) is 0 Å². The fourth-order valence-corrected chi connectivity index (χ4v) is 8.62. The Labute approximate surface area is 366 Å². The van der Waals surface area contributed by atoms with Gasteiger partial charge in [-0.3, -0.25) is 19.3 Å². The predicted molar refractivity (Wildman–Crippen MR) is 247 cm³/mol. The van der Waals surface area contributed by atoms with Gasteiger partial charge in [0.15, 0.2) is 5.11 Å². The van der Waals surface area contributed by atoms with Crippen molar-refractivity contribution in [1.82, 2.24) is 31.5 Å². The fourth-order valence-electron chi connectivity index (χ4n) is 8.55. The Bertz CT molecular complexity index is 2140. The molecule has 4 aromatic carbocycles. The number of ether oxygens (including phenoxy) is 1. The lowest BCUT2D eigenvalue weighted by Gasteiger charge is -2.31. The molecular formula is C49H62N6O5S. The van der Waals surface area contributed by atoms with Gasteiger partial charge in [0, 0.05) is 45.6 Å². The number of thiocarbonyl (C=S) groups is 1. The highest BCUT2D eigenvalue weighted by molar-refractivity contribution is 7.80. The number of nitrogens with zero attached hydrogens (tertiary/aromatic N) is 1. The van der Waals surface area contributed by atoms with Gasteiger partial charge in [0.25, 0.3) is 0 Å². The Morgan fingerprint density at radius 2 is 1.57 bits per heavy atom. The summed E-state index contributed by atoms with van der Waals surface area (Å²) < 4.78 is 5.43. The molecule has 6 N–H and O–H groups in total. The standard InChI is InChI=1S/C49H62N6O5S/c1-50-49(61)52-23-10-9-20-43(48(59)54-44(32-35-12-3-2-4-13-35)45(56)34-46(57)51-24-25-55-26-28-60-29-27-55)53-47(58)41(31-36-21-22-37-14-5-6-16-39(37)30-36)33-40-18-11-17-38-15-7-8-19-42(38)40/h5-8,11,14-19,21-22,30,35,41,43-45,56H,2-4,12-13,20,23-29,31-34H2,1H3,(H,51,57)(H,53,58)(H,54,59)(H2,50,52,61). The molecular weight excluding hydrogens is 785 g/mol. The van der Waals surface area contributed by atoms with Crippen molar-refractivity contribution in [2.75, 3.05) is 53.0 Å². The largest absolute Gasteiger partial charge is 0.390 e. The van der Waals surface area contributed by atoms with Crippen molar-refractivity contribution < 1.29 is 24.2 Å². The number of hydrogen-bond acceptors (Lipinski definition) is 7. The molecule has 0 aromatic heterocycles. The number of carbonyl (C=O) groups excluding carboxylic acids is 3. The summed E-state index contributed by atoms with van der Waals surface area (Å²) in [7, 11) is 1.72. The highest BCUT2D eigenvalue weighted by Crippen LogP contribution is 2.29. The normalized spacial score (nSPS) is 16.6. The molecule has 0 spiro atoms. The zero-order chi connectivity index (χ0) is 42.8. The van der Waals surface area contributed by atoms with Crippen molar-refractivity contribution in [3.05, 3.63) is 96.1 Å². The third-order valence-corrected chi connectivity index (χ3v) is 12.3. The van der Waals surface area contributed by atoms with Crippen molar-refractivity contribution in [3.8, 4) is 11.8 Å². The molecule has 1 heterocycles. The second kappa shape index (κ2) is 23.8. The topological polar surface area (TPSA) is 144 Å². The van der Waals surface area contributed by atoms with Crippen LogP contribution in [0.4, 0.5) is 0 Å². The van der Waals surface area contributed by atoms with Crippen LogP contribution in [-0.2, 0) is 32.0 Å². The summed E-state index contributed by atoms with van der Waals surface area (Å²) in [5, 5.41) is 31.5. The number of morpholine rings is 1. The Morgan fingerprint density at radius 1 is 0.836 bits per heavy atom. The molecule has 2 aliphatic rings. The zero-order valence-corrected chi connectivity index (χ0v) is 36.2. The van der Waals surface area contributed by atoms with E-state index < -0.39 is 30.0 Å². The molecule has 2 fully saturated rings. The molecule has 1 aliphatic carbocycles. The van der Waals surface area contributed by atoms with Crippen LogP contribution in [0.25, 0.3) is 21.5 Å². The molecule has 4 unspecified atom stereocenters. The predicted octanol–water partition coefficient (Wildman–Crippen LogP) is 5.02. The first-order chi connectivity index (χ1) is 29.7. The first-order valence-electron chi connectivity index (χ1n) is 22.0. The van der Waals surface area contributed by atoms with Crippen molar-refractivity contribution in [3.63, 3.8) is 0 Å². The number of carbonyl (C=O) groups is 3. The van der Waals surface area contributed by atoms with E-state index in [4.69, 9.17) is 17.0 Å². The first kappa shape index (κ1) is 45.5. The summed E-state index contributed by atoms with van der Waals surface area (Å²) in [6, 6.07) is 27.1. The number of amides is 3. The van der Waals surface area contributed by atoms with E-state index in [1.54, 1.807) is 7.05 Å². The van der Waals surface area contributed by atoms with E-state index in [-0.39, 0.29) is 31.2 Å². The van der Waals surface area contributed by atoms with E-state index >= 15 is 0 Å². The lowest BCUT2D eigenvalue weighted by Crippen LogP contribution is -2.54. The number of fused-ring (bicyclic) bond motifs is 2. The molecule has 61 heavy (non-hydrogen) atoms. The van der Waals surface area contributed by atoms with E-state index in [2.05, 4.69) is 97.9 Å². The summed E-state index contributed by atoms with van der Waals surface area (Å²) in [6.45, 7) is 4.43. The molecule has 6 rings (SSSR count). The lowest BCUT2D eigenvalue weighted by molar-refractivity contribution is -0.132. The van der Waals surface area contributed by atoms with Crippen LogP contribution < -0.4 is 26.6 Å². The number of nitrogens with one attached hydrogen (secondary N) is 5. The number of hydrogen-bond donors (Lipinski definition) is 6. The molecule has 12 heteroatoms. The smallest absolute Gasteiger partial charge is 0.243 e. The van der Waals surface area contributed by atoms with E-state index in [9.17, 15) is 19.5 Å². The third kappa shape index (κ3) is 14.3. The maximum absolute atomic E-state index is 14.7. The van der Waals surface area contributed by atoms with Gasteiger partial charge in [-0.2, -0.15) is 0 Å².